The zero-order valence-corrected chi connectivity index (χ0v) is 10.5. The van der Waals surface area contributed by atoms with Crippen LogP contribution in [0.4, 0.5) is 0 Å². The minimum Gasteiger partial charge on any atom is -0.314 e. The summed E-state index contributed by atoms with van der Waals surface area (Å²) >= 11 is 0. The second-order valence-corrected chi connectivity index (χ2v) is 4.98. The maximum atomic E-state index is 11.9. The van der Waals surface area contributed by atoms with E-state index in [1.807, 2.05) is 0 Å². The Balaban J connectivity index is 0.00000112. The van der Waals surface area contributed by atoms with Gasteiger partial charge in [-0.15, -0.1) is 17.0 Å². The van der Waals surface area contributed by atoms with Gasteiger partial charge in [0.15, 0.2) is 5.03 Å². The van der Waals surface area contributed by atoms with Gasteiger partial charge in [0.2, 0.25) is 0 Å². The summed E-state index contributed by atoms with van der Waals surface area (Å²) < 4.78 is 25.2. The Morgan fingerprint density at radius 2 is 2.00 bits per heavy atom. The van der Waals surface area contributed by atoms with Crippen LogP contribution in [-0.4, -0.2) is 49.1 Å². The smallest absolute Gasteiger partial charge is 0.260 e. The van der Waals surface area contributed by atoms with E-state index < -0.39 is 10.0 Å². The molecular formula is C7H13BrN4O2S. The van der Waals surface area contributed by atoms with Crippen molar-refractivity contribution in [2.45, 2.75) is 5.03 Å². The minimum atomic E-state index is -3.34. The van der Waals surface area contributed by atoms with Gasteiger partial charge in [0, 0.05) is 26.2 Å². The van der Waals surface area contributed by atoms with Gasteiger partial charge in [0.05, 0.1) is 6.20 Å². The summed E-state index contributed by atoms with van der Waals surface area (Å²) in [4.78, 5) is 0. The standard InChI is InChI=1S/C7H12N4O2S.BrH/c12-14(13,7-1-2-9-10-7)11-5-3-8-4-6-11;/h1-2,8H,3-6H2,(H,9,10);1H. The lowest BCUT2D eigenvalue weighted by molar-refractivity contribution is 0.359. The lowest BCUT2D eigenvalue weighted by atomic mass is 10.4. The lowest BCUT2D eigenvalue weighted by Gasteiger charge is -2.25. The molecule has 0 spiro atoms. The Morgan fingerprint density at radius 3 is 2.53 bits per heavy atom. The van der Waals surface area contributed by atoms with Gasteiger partial charge in [-0.3, -0.25) is 5.10 Å². The highest BCUT2D eigenvalue weighted by atomic mass is 79.9. The van der Waals surface area contributed by atoms with E-state index in [-0.39, 0.29) is 22.0 Å². The van der Waals surface area contributed by atoms with Crippen LogP contribution in [0.5, 0.6) is 0 Å². The summed E-state index contributed by atoms with van der Waals surface area (Å²) in [5.41, 5.74) is 0. The molecule has 0 aromatic carbocycles. The van der Waals surface area contributed by atoms with Gasteiger partial charge in [-0.05, 0) is 6.07 Å². The first-order chi connectivity index (χ1) is 6.71. The average molecular weight is 297 g/mol. The normalized spacial score (nSPS) is 18.4. The predicted octanol–water partition coefficient (Wildman–Crippen LogP) is -0.418. The first-order valence-electron chi connectivity index (χ1n) is 4.41. The van der Waals surface area contributed by atoms with Crippen LogP contribution < -0.4 is 5.32 Å². The van der Waals surface area contributed by atoms with Crippen molar-refractivity contribution in [3.05, 3.63) is 12.3 Å². The third kappa shape index (κ3) is 2.57. The molecule has 1 aliphatic heterocycles. The molecule has 86 valence electrons. The first-order valence-corrected chi connectivity index (χ1v) is 5.85. The number of rotatable bonds is 2. The molecule has 8 heteroatoms. The van der Waals surface area contributed by atoms with Crippen molar-refractivity contribution in [1.29, 1.82) is 0 Å². The maximum absolute atomic E-state index is 11.9. The number of piperazine rings is 1. The van der Waals surface area contributed by atoms with Crippen LogP contribution in [0.1, 0.15) is 0 Å². The van der Waals surface area contributed by atoms with Gasteiger partial charge in [-0.2, -0.15) is 9.40 Å². The Kier molecular flexibility index (Phi) is 4.26. The zero-order chi connectivity index (χ0) is 10.0. The van der Waals surface area contributed by atoms with Crippen LogP contribution in [0.25, 0.3) is 0 Å². The number of H-pyrrole nitrogens is 1. The van der Waals surface area contributed by atoms with Crippen LogP contribution in [0.3, 0.4) is 0 Å². The fourth-order valence-electron chi connectivity index (χ4n) is 1.41. The summed E-state index contributed by atoms with van der Waals surface area (Å²) in [6.45, 7) is 2.43. The van der Waals surface area contributed by atoms with Crippen molar-refractivity contribution >= 4 is 27.0 Å². The molecule has 0 amide bonds. The molecular weight excluding hydrogens is 284 g/mol. The van der Waals surface area contributed by atoms with Gasteiger partial charge >= 0.3 is 0 Å². The van der Waals surface area contributed by atoms with Crippen LogP contribution in [-0.2, 0) is 10.0 Å². The van der Waals surface area contributed by atoms with Gasteiger partial charge in [-0.25, -0.2) is 8.42 Å². The fraction of sp³-hybridized carbons (Fsp3) is 0.571. The van der Waals surface area contributed by atoms with E-state index in [1.165, 1.54) is 16.6 Å². The van der Waals surface area contributed by atoms with E-state index in [1.54, 1.807) is 0 Å². The molecule has 6 nitrogen and oxygen atoms in total. The van der Waals surface area contributed by atoms with Gasteiger partial charge in [0.1, 0.15) is 0 Å². The average Bonchev–Trinajstić information content (AvgIpc) is 2.72. The van der Waals surface area contributed by atoms with E-state index in [9.17, 15) is 8.42 Å². The van der Waals surface area contributed by atoms with Crippen molar-refractivity contribution in [3.8, 4) is 0 Å². The molecule has 15 heavy (non-hydrogen) atoms. The topological polar surface area (TPSA) is 78.1 Å². The van der Waals surface area contributed by atoms with E-state index in [0.29, 0.717) is 26.2 Å². The van der Waals surface area contributed by atoms with Crippen molar-refractivity contribution in [1.82, 2.24) is 19.8 Å². The van der Waals surface area contributed by atoms with Crippen molar-refractivity contribution in [2.24, 2.45) is 0 Å². The van der Waals surface area contributed by atoms with Crippen molar-refractivity contribution < 1.29 is 8.42 Å². The molecule has 2 heterocycles. The predicted molar refractivity (Wildman–Crippen MR) is 60.5 cm³/mol. The largest absolute Gasteiger partial charge is 0.314 e. The molecule has 0 unspecified atom stereocenters. The highest BCUT2D eigenvalue weighted by Crippen LogP contribution is 2.12. The molecule has 2 rings (SSSR count). The number of hydrogen-bond acceptors (Lipinski definition) is 4. The third-order valence-electron chi connectivity index (χ3n) is 2.17. The molecule has 1 fully saturated rings. The van der Waals surface area contributed by atoms with Crippen LogP contribution in [0.2, 0.25) is 0 Å². The summed E-state index contributed by atoms with van der Waals surface area (Å²) in [6.07, 6.45) is 1.44. The van der Waals surface area contributed by atoms with E-state index in [4.69, 9.17) is 0 Å². The summed E-state index contributed by atoms with van der Waals surface area (Å²) in [6, 6.07) is 1.47. The molecule has 1 aliphatic rings. The molecule has 0 saturated carbocycles. The Morgan fingerprint density at radius 1 is 1.33 bits per heavy atom. The van der Waals surface area contributed by atoms with Gasteiger partial charge < -0.3 is 5.32 Å². The molecule has 0 atom stereocenters. The Hall–Kier alpha value is -0.440. The highest BCUT2D eigenvalue weighted by Gasteiger charge is 2.26. The summed E-state index contributed by atoms with van der Waals surface area (Å²) in [7, 11) is -3.34. The fourth-order valence-corrected chi connectivity index (χ4v) is 2.75. The number of nitrogens with one attached hydrogen (secondary N) is 2. The molecule has 0 aliphatic carbocycles. The highest BCUT2D eigenvalue weighted by molar-refractivity contribution is 8.93. The van der Waals surface area contributed by atoms with Crippen molar-refractivity contribution in [3.63, 3.8) is 0 Å². The monoisotopic (exact) mass is 296 g/mol. The maximum Gasteiger partial charge on any atom is 0.260 e. The molecule has 0 bridgehead atoms. The summed E-state index contributed by atoms with van der Waals surface area (Å²) in [5.74, 6) is 0. The van der Waals surface area contributed by atoms with E-state index in [2.05, 4.69) is 15.5 Å². The molecule has 1 aromatic rings. The van der Waals surface area contributed by atoms with Crippen molar-refractivity contribution in [2.75, 3.05) is 26.2 Å². The molecule has 1 aromatic heterocycles. The zero-order valence-electron chi connectivity index (χ0n) is 8.01. The molecule has 1 saturated heterocycles. The number of nitrogens with zero attached hydrogens (tertiary/aromatic N) is 2. The van der Waals surface area contributed by atoms with E-state index >= 15 is 0 Å². The number of hydrogen-bond donors (Lipinski definition) is 2. The van der Waals surface area contributed by atoms with Gasteiger partial charge in [0.25, 0.3) is 10.0 Å². The quantitative estimate of drug-likeness (QED) is 0.777. The molecule has 0 radical (unpaired) electrons. The lowest BCUT2D eigenvalue weighted by Crippen LogP contribution is -2.46. The Labute approximate surface area is 98.9 Å². The van der Waals surface area contributed by atoms with Crippen LogP contribution in [0.15, 0.2) is 17.3 Å². The summed E-state index contributed by atoms with van der Waals surface area (Å²) in [5, 5.41) is 9.38. The SMILES string of the molecule is Br.O=S(=O)(c1ccn[nH]1)N1CCNCC1. The second kappa shape index (κ2) is 5.06. The van der Waals surface area contributed by atoms with Crippen LogP contribution >= 0.6 is 17.0 Å². The Bertz CT molecular complexity index is 385. The number of aromatic nitrogens is 2. The van der Waals surface area contributed by atoms with E-state index in [0.717, 1.165) is 0 Å². The third-order valence-corrected chi connectivity index (χ3v) is 4.00. The van der Waals surface area contributed by atoms with Gasteiger partial charge in [-0.1, -0.05) is 0 Å². The molecule has 2 N–H and O–H groups in total. The number of aromatic amines is 1. The number of sulfonamides is 1. The number of halogens is 1. The minimum absolute atomic E-state index is 0. The second-order valence-electron chi connectivity index (χ2n) is 3.07. The first kappa shape index (κ1) is 12.6. The van der Waals surface area contributed by atoms with Crippen LogP contribution in [0, 0.1) is 0 Å².